The molecule has 0 heterocycles. The standard InChI is InChI=1S/Ca.Na.H3O4P.2H2O/c;;1-5(2,3)4;;/h;;(H3,1,2,3,4);2*1H2/q+2;+1;;;/p-3. The van der Waals surface area contributed by atoms with Gasteiger partial charge in [0.2, 0.25) is 0 Å². The molecule has 0 saturated heterocycles. The van der Waals surface area contributed by atoms with Crippen molar-refractivity contribution in [2.24, 2.45) is 0 Å². The van der Waals surface area contributed by atoms with E-state index in [0.29, 0.717) is 0 Å². The third-order valence-corrected chi connectivity index (χ3v) is 0. The van der Waals surface area contributed by atoms with E-state index in [-0.39, 0.29) is 78.2 Å². The Morgan fingerprint density at radius 1 is 1.22 bits per heavy atom. The molecule has 0 aliphatic heterocycles. The molecule has 0 unspecified atom stereocenters. The first-order valence-electron chi connectivity index (χ1n) is 0.765. The smallest absolute Gasteiger partial charge is 0.870 e. The van der Waals surface area contributed by atoms with Crippen LogP contribution in [0.15, 0.2) is 0 Å². The van der Waals surface area contributed by atoms with Crippen LogP contribution in [0.4, 0.5) is 0 Å². The molecule has 0 aromatic rings. The van der Waals surface area contributed by atoms with Gasteiger partial charge in [-0.15, -0.1) is 0 Å². The summed E-state index contributed by atoms with van der Waals surface area (Å²) in [5.41, 5.74) is 0. The zero-order valence-corrected chi connectivity index (χ0v) is 9.86. The number of hydrogen-bond acceptors (Lipinski definition) is 4. The molecule has 0 aliphatic carbocycles. The van der Waals surface area contributed by atoms with Gasteiger partial charge in [0.1, 0.15) is 0 Å². The van der Waals surface area contributed by atoms with Crippen LogP contribution in [0.3, 0.4) is 0 Å². The average Bonchev–Trinajstić information content (AvgIpc) is 0.722. The molecule has 0 fully saturated rings. The molecule has 0 aliphatic rings. The van der Waals surface area contributed by atoms with Crippen molar-refractivity contribution in [2.75, 3.05) is 0 Å². The van der Waals surface area contributed by atoms with E-state index in [1.54, 1.807) is 0 Å². The number of phosphoric acid groups is 1. The van der Waals surface area contributed by atoms with Crippen LogP contribution in [-0.4, -0.2) is 58.5 Å². The van der Waals surface area contributed by atoms with Gasteiger partial charge in [0.05, 0.1) is 0 Å². The summed E-state index contributed by atoms with van der Waals surface area (Å²) >= 11 is 0. The van der Waals surface area contributed by atoms with E-state index in [2.05, 4.69) is 0 Å². The van der Waals surface area contributed by atoms with Gasteiger partial charge in [-0.2, -0.15) is 0 Å². The fourth-order valence-electron chi connectivity index (χ4n) is 0. The summed E-state index contributed by atoms with van der Waals surface area (Å²) in [4.78, 5) is 22.9. The van der Waals surface area contributed by atoms with Gasteiger partial charge in [-0.25, -0.2) is 0 Å². The van der Waals surface area contributed by atoms with Crippen molar-refractivity contribution in [3.05, 3.63) is 0 Å². The maximum absolute atomic E-state index is 8.77. The molecule has 0 bridgehead atoms. The Hall–Kier alpha value is 2.29. The Morgan fingerprint density at radius 2 is 1.22 bits per heavy atom. The van der Waals surface area contributed by atoms with Crippen LogP contribution in [0, 0.1) is 0 Å². The molecule has 4 N–H and O–H groups in total. The van der Waals surface area contributed by atoms with Gasteiger partial charge in [0, 0.05) is 0 Å². The molecular weight excluding hydrogens is 190 g/mol. The van der Waals surface area contributed by atoms with Gasteiger partial charge in [-0.1, -0.05) is 0 Å². The predicted molar refractivity (Wildman–Crippen MR) is 21.7 cm³/mol. The van der Waals surface area contributed by atoms with Crippen LogP contribution in [0.2, 0.25) is 0 Å². The van der Waals surface area contributed by atoms with Gasteiger partial charge >= 0.3 is 67.3 Å². The minimum Gasteiger partial charge on any atom is -0.870 e. The van der Waals surface area contributed by atoms with E-state index in [1.165, 1.54) is 0 Å². The van der Waals surface area contributed by atoms with Crippen LogP contribution in [0.5, 0.6) is 0 Å². The molecule has 9 heavy (non-hydrogen) atoms. The predicted octanol–water partition coefficient (Wildman–Crippen LogP) is -5.29. The third kappa shape index (κ3) is 135. The van der Waals surface area contributed by atoms with Gasteiger partial charge in [-0.3, -0.25) is 4.57 Å². The maximum atomic E-state index is 8.77. The van der Waals surface area contributed by atoms with Crippen molar-refractivity contribution in [3.8, 4) is 0 Å². The molecule has 0 aromatic carbocycles. The molecule has 48 valence electrons. The van der Waals surface area contributed by atoms with Crippen molar-refractivity contribution in [1.29, 1.82) is 0 Å². The Kier molecular flexibility index (Phi) is 43.4. The first kappa shape index (κ1) is 30.2. The van der Waals surface area contributed by atoms with E-state index in [4.69, 9.17) is 19.2 Å². The molecule has 6 nitrogen and oxygen atoms in total. The molecule has 0 radical (unpaired) electrons. The Balaban J connectivity index is -0.0000000133. The van der Waals surface area contributed by atoms with Crippen LogP contribution < -0.4 is 34.5 Å². The summed E-state index contributed by atoms with van der Waals surface area (Å²) in [6.45, 7) is 0. The van der Waals surface area contributed by atoms with Crippen LogP contribution >= 0.6 is 7.82 Å². The van der Waals surface area contributed by atoms with Gasteiger partial charge in [-0.05, 0) is 0 Å². The fourth-order valence-corrected chi connectivity index (χ4v) is 0. The summed E-state index contributed by atoms with van der Waals surface area (Å²) in [5, 5.41) is 0. The molecule has 9 heteroatoms. The number of rotatable bonds is 0. The van der Waals surface area contributed by atoms with E-state index in [1.807, 2.05) is 0 Å². The third-order valence-electron chi connectivity index (χ3n) is 0. The molecule has 0 spiro atoms. The van der Waals surface area contributed by atoms with E-state index in [0.717, 1.165) is 0 Å². The Bertz CT molecular complexity index is 59.2. The zero-order valence-electron chi connectivity index (χ0n) is 4.76. The van der Waals surface area contributed by atoms with Crippen LogP contribution in [0.1, 0.15) is 0 Å². The summed E-state index contributed by atoms with van der Waals surface area (Å²) in [5.74, 6) is 0. The SMILES string of the molecule is O=P([O-])(O)O.[Ca+2].[Na+].[OH-].[OH-]. The van der Waals surface area contributed by atoms with Crippen molar-refractivity contribution in [1.82, 2.24) is 0 Å². The second-order valence-electron chi connectivity index (χ2n) is 0.491. The molecule has 0 amide bonds. The van der Waals surface area contributed by atoms with Gasteiger partial charge in [0.15, 0.2) is 0 Å². The fraction of sp³-hybridized carbons (Fsp3) is 0. The molecule has 0 atom stereocenters. The summed E-state index contributed by atoms with van der Waals surface area (Å²) in [6.07, 6.45) is 0. The quantitative estimate of drug-likeness (QED) is 0.291. The first-order chi connectivity index (χ1) is 2.00. The van der Waals surface area contributed by atoms with Crippen molar-refractivity contribution in [3.63, 3.8) is 0 Å². The summed E-state index contributed by atoms with van der Waals surface area (Å²) in [7, 11) is -4.89. The molecule has 0 saturated carbocycles. The van der Waals surface area contributed by atoms with E-state index < -0.39 is 7.82 Å². The largest absolute Gasteiger partial charge is 2.00 e. The van der Waals surface area contributed by atoms with Crippen molar-refractivity contribution < 1.29 is 59.8 Å². The molecule has 0 aromatic heterocycles. The van der Waals surface area contributed by atoms with E-state index >= 15 is 0 Å². The number of hydrogen-bond donors (Lipinski definition) is 2. The summed E-state index contributed by atoms with van der Waals surface area (Å²) < 4.78 is 8.77. The normalized spacial score (nSPS) is 6.56. The van der Waals surface area contributed by atoms with Crippen LogP contribution in [0.25, 0.3) is 0 Å². The molecule has 0 rings (SSSR count). The second kappa shape index (κ2) is 12.9. The minimum atomic E-state index is -4.89. The zero-order chi connectivity index (χ0) is 4.50. The average molecular weight is 194 g/mol. The molecular formula is H4CaNaO6P. The Labute approximate surface area is 104 Å². The Morgan fingerprint density at radius 3 is 1.22 bits per heavy atom. The first-order valence-corrected chi connectivity index (χ1v) is 2.30. The van der Waals surface area contributed by atoms with Gasteiger partial charge in [0.25, 0.3) is 7.82 Å². The van der Waals surface area contributed by atoms with Gasteiger partial charge < -0.3 is 25.6 Å². The summed E-state index contributed by atoms with van der Waals surface area (Å²) in [6, 6.07) is 0. The van der Waals surface area contributed by atoms with E-state index in [9.17, 15) is 0 Å². The van der Waals surface area contributed by atoms with Crippen molar-refractivity contribution in [2.45, 2.75) is 0 Å². The second-order valence-corrected chi connectivity index (χ2v) is 1.47. The topological polar surface area (TPSA) is 141 Å². The maximum Gasteiger partial charge on any atom is 2.00 e. The van der Waals surface area contributed by atoms with Crippen LogP contribution in [-0.2, 0) is 4.57 Å². The van der Waals surface area contributed by atoms with Crippen molar-refractivity contribution >= 4 is 45.6 Å². The monoisotopic (exact) mass is 194 g/mol. The minimum absolute atomic E-state index is 0.